The van der Waals surface area contributed by atoms with Crippen molar-refractivity contribution in [2.24, 2.45) is 0 Å². The molecule has 23 heavy (non-hydrogen) atoms. The van der Waals surface area contributed by atoms with E-state index in [1.165, 1.54) is 6.07 Å². The fraction of sp³-hybridized carbons (Fsp3) is 0.412. The van der Waals surface area contributed by atoms with Crippen LogP contribution in [-0.2, 0) is 9.59 Å². The van der Waals surface area contributed by atoms with Gasteiger partial charge in [-0.2, -0.15) is 0 Å². The summed E-state index contributed by atoms with van der Waals surface area (Å²) in [6.07, 6.45) is 1.95. The number of nitrogens with zero attached hydrogens (tertiary/aromatic N) is 2. The minimum absolute atomic E-state index is 0.0231. The first-order valence-electron chi connectivity index (χ1n) is 7.61. The standard InChI is InChI=1S/C17H18BrFN2O2/c1-20(2)21-14-4-3-5-15(22)17(14)12(9-16(21)23)11-8-10(18)6-7-13(11)19/h6-8,12H,3-5,9H2,1-2H3. The fourth-order valence-electron chi connectivity index (χ4n) is 3.49. The van der Waals surface area contributed by atoms with E-state index in [-0.39, 0.29) is 23.9 Å². The van der Waals surface area contributed by atoms with E-state index in [1.54, 1.807) is 36.2 Å². The Kier molecular flexibility index (Phi) is 4.38. The molecule has 3 rings (SSSR count). The normalized spacial score (nSPS) is 22.0. The second-order valence-corrected chi connectivity index (χ2v) is 7.03. The number of ketones is 1. The lowest BCUT2D eigenvalue weighted by Crippen LogP contribution is -2.47. The molecule has 1 aromatic carbocycles. The zero-order chi connectivity index (χ0) is 16.7. The molecule has 0 saturated heterocycles. The minimum atomic E-state index is -0.501. The third-order valence-corrected chi connectivity index (χ3v) is 4.87. The number of hydrogen-bond acceptors (Lipinski definition) is 3. The van der Waals surface area contributed by atoms with Gasteiger partial charge in [-0.05, 0) is 36.6 Å². The maximum Gasteiger partial charge on any atom is 0.242 e. The van der Waals surface area contributed by atoms with Gasteiger partial charge in [0.25, 0.3) is 0 Å². The lowest BCUT2D eigenvalue weighted by molar-refractivity contribution is -0.143. The molecule has 0 N–H and O–H groups in total. The molecular formula is C17H18BrFN2O2. The van der Waals surface area contributed by atoms with Gasteiger partial charge in [0, 0.05) is 48.6 Å². The Balaban J connectivity index is 2.17. The number of carbonyl (C=O) groups is 2. The SMILES string of the molecule is CN(C)N1C(=O)CC(c2cc(Br)ccc2F)C2=C1CCCC2=O. The van der Waals surface area contributed by atoms with E-state index in [9.17, 15) is 14.0 Å². The van der Waals surface area contributed by atoms with Crippen LogP contribution in [0.25, 0.3) is 0 Å². The summed E-state index contributed by atoms with van der Waals surface area (Å²) in [4.78, 5) is 25.1. The Morgan fingerprint density at radius 2 is 2.00 bits per heavy atom. The predicted molar refractivity (Wildman–Crippen MR) is 87.9 cm³/mol. The summed E-state index contributed by atoms with van der Waals surface area (Å²) in [5, 5.41) is 3.27. The van der Waals surface area contributed by atoms with Crippen molar-refractivity contribution in [1.82, 2.24) is 10.0 Å². The average molecular weight is 381 g/mol. The monoisotopic (exact) mass is 380 g/mol. The molecule has 0 spiro atoms. The first kappa shape index (κ1) is 16.3. The van der Waals surface area contributed by atoms with Gasteiger partial charge in [-0.1, -0.05) is 15.9 Å². The van der Waals surface area contributed by atoms with Gasteiger partial charge < -0.3 is 0 Å². The molecule has 1 aromatic rings. The van der Waals surface area contributed by atoms with E-state index in [0.29, 0.717) is 24.0 Å². The van der Waals surface area contributed by atoms with Crippen LogP contribution in [0, 0.1) is 5.82 Å². The molecule has 2 aliphatic rings. The average Bonchev–Trinajstić information content (AvgIpc) is 2.48. The number of allylic oxidation sites excluding steroid dienone is 2. The number of carbonyl (C=O) groups excluding carboxylic acids is 2. The molecule has 0 radical (unpaired) electrons. The van der Waals surface area contributed by atoms with Crippen LogP contribution >= 0.6 is 15.9 Å². The van der Waals surface area contributed by atoms with Gasteiger partial charge in [-0.25, -0.2) is 14.4 Å². The zero-order valence-corrected chi connectivity index (χ0v) is 14.7. The third-order valence-electron chi connectivity index (χ3n) is 4.38. The molecule has 0 saturated carbocycles. The minimum Gasteiger partial charge on any atom is -0.294 e. The molecule has 122 valence electrons. The molecule has 1 amide bonds. The van der Waals surface area contributed by atoms with E-state index < -0.39 is 5.92 Å². The number of hydrazine groups is 1. The number of benzene rings is 1. The Labute approximate surface area is 143 Å². The van der Waals surface area contributed by atoms with Gasteiger partial charge in [0.1, 0.15) is 5.82 Å². The van der Waals surface area contributed by atoms with E-state index in [2.05, 4.69) is 15.9 Å². The van der Waals surface area contributed by atoms with Crippen molar-refractivity contribution < 1.29 is 14.0 Å². The van der Waals surface area contributed by atoms with E-state index >= 15 is 0 Å². The number of rotatable bonds is 2. The molecule has 1 aliphatic carbocycles. The lowest BCUT2D eigenvalue weighted by atomic mass is 9.77. The van der Waals surface area contributed by atoms with E-state index in [4.69, 9.17) is 0 Å². The quantitative estimate of drug-likeness (QED) is 0.789. The van der Waals surface area contributed by atoms with E-state index in [1.807, 2.05) is 0 Å². The summed E-state index contributed by atoms with van der Waals surface area (Å²) >= 11 is 3.35. The summed E-state index contributed by atoms with van der Waals surface area (Å²) in [6.45, 7) is 0. The summed E-state index contributed by atoms with van der Waals surface area (Å²) in [6, 6.07) is 4.66. The van der Waals surface area contributed by atoms with Crippen LogP contribution in [0.15, 0.2) is 33.9 Å². The predicted octanol–water partition coefficient (Wildman–Crippen LogP) is 3.39. The summed E-state index contributed by atoms with van der Waals surface area (Å²) in [5.41, 5.74) is 1.74. The smallest absolute Gasteiger partial charge is 0.242 e. The van der Waals surface area contributed by atoms with Gasteiger partial charge in [0.15, 0.2) is 5.78 Å². The zero-order valence-electron chi connectivity index (χ0n) is 13.1. The van der Waals surface area contributed by atoms with Gasteiger partial charge >= 0.3 is 0 Å². The van der Waals surface area contributed by atoms with Crippen molar-refractivity contribution in [2.45, 2.75) is 31.6 Å². The van der Waals surface area contributed by atoms with Gasteiger partial charge in [-0.3, -0.25) is 9.59 Å². The van der Waals surface area contributed by atoms with Crippen molar-refractivity contribution in [1.29, 1.82) is 0 Å². The van der Waals surface area contributed by atoms with Crippen LogP contribution < -0.4 is 0 Å². The van der Waals surface area contributed by atoms with Gasteiger partial charge in [0.05, 0.1) is 0 Å². The first-order valence-corrected chi connectivity index (χ1v) is 8.41. The van der Waals surface area contributed by atoms with Crippen molar-refractivity contribution in [3.63, 3.8) is 0 Å². The molecule has 1 aliphatic heterocycles. The molecule has 1 heterocycles. The highest BCUT2D eigenvalue weighted by atomic mass is 79.9. The lowest BCUT2D eigenvalue weighted by Gasteiger charge is -2.41. The highest BCUT2D eigenvalue weighted by Gasteiger charge is 2.40. The summed E-state index contributed by atoms with van der Waals surface area (Å²) in [7, 11) is 3.56. The molecular weight excluding hydrogens is 363 g/mol. The van der Waals surface area contributed by atoms with Gasteiger partial charge in [0.2, 0.25) is 5.91 Å². The van der Waals surface area contributed by atoms with Crippen molar-refractivity contribution >= 4 is 27.6 Å². The Morgan fingerprint density at radius 3 is 2.70 bits per heavy atom. The Morgan fingerprint density at radius 1 is 1.26 bits per heavy atom. The van der Waals surface area contributed by atoms with Crippen LogP contribution in [0.4, 0.5) is 4.39 Å². The van der Waals surface area contributed by atoms with Crippen LogP contribution in [0.1, 0.15) is 37.2 Å². The van der Waals surface area contributed by atoms with Crippen molar-refractivity contribution in [3.8, 4) is 0 Å². The highest BCUT2D eigenvalue weighted by molar-refractivity contribution is 9.10. The van der Waals surface area contributed by atoms with Crippen LogP contribution in [-0.4, -0.2) is 35.8 Å². The summed E-state index contributed by atoms with van der Waals surface area (Å²) in [5.74, 6) is -0.962. The molecule has 0 bridgehead atoms. The first-order chi connectivity index (χ1) is 10.9. The van der Waals surface area contributed by atoms with Crippen LogP contribution in [0.3, 0.4) is 0 Å². The molecule has 4 nitrogen and oxygen atoms in total. The number of hydrogen-bond donors (Lipinski definition) is 0. The molecule has 0 aromatic heterocycles. The van der Waals surface area contributed by atoms with Crippen LogP contribution in [0.5, 0.6) is 0 Å². The molecule has 0 fully saturated rings. The number of Topliss-reactive ketones (excluding diaryl/α,β-unsaturated/α-hetero) is 1. The number of amides is 1. The molecule has 1 atom stereocenters. The second-order valence-electron chi connectivity index (χ2n) is 6.11. The maximum atomic E-state index is 14.3. The van der Waals surface area contributed by atoms with Gasteiger partial charge in [-0.15, -0.1) is 0 Å². The second kappa shape index (κ2) is 6.17. The maximum absolute atomic E-state index is 14.3. The summed E-state index contributed by atoms with van der Waals surface area (Å²) < 4.78 is 15.1. The van der Waals surface area contributed by atoms with Crippen LogP contribution in [0.2, 0.25) is 0 Å². The van der Waals surface area contributed by atoms with Crippen molar-refractivity contribution in [2.75, 3.05) is 14.1 Å². The topological polar surface area (TPSA) is 40.6 Å². The largest absolute Gasteiger partial charge is 0.294 e. The third kappa shape index (κ3) is 2.85. The Bertz CT molecular complexity index is 715. The fourth-order valence-corrected chi connectivity index (χ4v) is 3.87. The molecule has 1 unspecified atom stereocenters. The van der Waals surface area contributed by atoms with E-state index in [0.717, 1.165) is 16.6 Å². The molecule has 6 heteroatoms. The number of halogens is 2. The van der Waals surface area contributed by atoms with Crippen molar-refractivity contribution in [3.05, 3.63) is 45.3 Å². The Hall–Kier alpha value is -1.53. The highest BCUT2D eigenvalue weighted by Crippen LogP contribution is 2.42.